The van der Waals surface area contributed by atoms with E-state index in [-0.39, 0.29) is 26.1 Å². The lowest BCUT2D eigenvalue weighted by molar-refractivity contribution is -0.159. The zero-order valence-corrected chi connectivity index (χ0v) is 18.8. The molecule has 0 radical (unpaired) electrons. The zero-order chi connectivity index (χ0) is 23.5. The van der Waals surface area contributed by atoms with Gasteiger partial charge in [-0.2, -0.15) is 0 Å². The molecule has 2 atom stereocenters. The lowest BCUT2D eigenvalue weighted by atomic mass is 10.2. The Kier molecular flexibility index (Phi) is 11.6. The van der Waals surface area contributed by atoms with Crippen LogP contribution < -0.4 is 11.5 Å². The van der Waals surface area contributed by atoms with E-state index in [9.17, 15) is 19.2 Å². The van der Waals surface area contributed by atoms with Crippen molar-refractivity contribution in [3.05, 3.63) is 0 Å². The molecular weight excluding hydrogens is 396 g/mol. The Balaban J connectivity index is 3.97. The SMILES string of the molecule is CC(C)(C)OC(=O)CC(N)C(=O)OCCCCOC(=O)C(N)CC(=O)OC(C)(C)C. The Morgan fingerprint density at radius 2 is 0.967 bits per heavy atom. The maximum Gasteiger partial charge on any atom is 0.323 e. The van der Waals surface area contributed by atoms with Crippen LogP contribution in [0, 0.1) is 0 Å². The summed E-state index contributed by atoms with van der Waals surface area (Å²) in [5.74, 6) is -2.59. The first-order chi connectivity index (χ1) is 13.6. The highest BCUT2D eigenvalue weighted by atomic mass is 16.6. The first kappa shape index (κ1) is 27.8. The van der Waals surface area contributed by atoms with Gasteiger partial charge in [-0.15, -0.1) is 0 Å². The molecule has 0 saturated carbocycles. The van der Waals surface area contributed by atoms with Gasteiger partial charge in [0, 0.05) is 0 Å². The van der Waals surface area contributed by atoms with E-state index in [1.165, 1.54) is 0 Å². The van der Waals surface area contributed by atoms with Crippen LogP contribution in [0.4, 0.5) is 0 Å². The summed E-state index contributed by atoms with van der Waals surface area (Å²) in [6, 6.07) is -2.22. The predicted octanol–water partition coefficient (Wildman–Crippen LogP) is 0.971. The lowest BCUT2D eigenvalue weighted by Crippen LogP contribution is -2.37. The van der Waals surface area contributed by atoms with E-state index in [2.05, 4.69) is 0 Å². The van der Waals surface area contributed by atoms with Gasteiger partial charge in [0.2, 0.25) is 0 Å². The van der Waals surface area contributed by atoms with E-state index < -0.39 is 47.2 Å². The molecule has 0 fully saturated rings. The number of ether oxygens (including phenoxy) is 4. The van der Waals surface area contributed by atoms with Crippen LogP contribution in [0.5, 0.6) is 0 Å². The molecule has 0 bridgehead atoms. The minimum Gasteiger partial charge on any atom is -0.465 e. The smallest absolute Gasteiger partial charge is 0.323 e. The Morgan fingerprint density at radius 3 is 1.23 bits per heavy atom. The molecule has 0 spiro atoms. The number of carbonyl (C=O) groups excluding carboxylic acids is 4. The molecule has 0 aromatic rings. The molecule has 2 unspecified atom stereocenters. The molecule has 174 valence electrons. The molecule has 30 heavy (non-hydrogen) atoms. The summed E-state index contributed by atoms with van der Waals surface area (Å²) in [4.78, 5) is 46.8. The first-order valence-corrected chi connectivity index (χ1v) is 9.89. The Hall–Kier alpha value is -2.20. The molecule has 0 amide bonds. The fraction of sp³-hybridized carbons (Fsp3) is 0.800. The average molecular weight is 433 g/mol. The topological polar surface area (TPSA) is 157 Å². The van der Waals surface area contributed by atoms with Crippen molar-refractivity contribution < 1.29 is 38.1 Å². The normalized spacial score (nSPS) is 13.7. The largest absolute Gasteiger partial charge is 0.465 e. The van der Waals surface area contributed by atoms with Crippen molar-refractivity contribution in [2.45, 2.75) is 90.5 Å². The molecule has 10 heteroatoms. The zero-order valence-electron chi connectivity index (χ0n) is 18.8. The van der Waals surface area contributed by atoms with Gasteiger partial charge in [-0.1, -0.05) is 0 Å². The van der Waals surface area contributed by atoms with Crippen LogP contribution in [0.1, 0.15) is 67.2 Å². The van der Waals surface area contributed by atoms with Gasteiger partial charge >= 0.3 is 23.9 Å². The highest BCUT2D eigenvalue weighted by Gasteiger charge is 2.24. The van der Waals surface area contributed by atoms with Crippen molar-refractivity contribution in [3.63, 3.8) is 0 Å². The fourth-order valence-electron chi connectivity index (χ4n) is 2.06. The molecule has 10 nitrogen and oxygen atoms in total. The number of hydrogen-bond acceptors (Lipinski definition) is 10. The summed E-state index contributed by atoms with van der Waals surface area (Å²) in [6.07, 6.45) is 0.283. The van der Waals surface area contributed by atoms with E-state index in [0.29, 0.717) is 12.8 Å². The summed E-state index contributed by atoms with van der Waals surface area (Å²) in [5, 5.41) is 0. The summed E-state index contributed by atoms with van der Waals surface area (Å²) in [6.45, 7) is 10.4. The van der Waals surface area contributed by atoms with Crippen LogP contribution in [-0.2, 0) is 38.1 Å². The third kappa shape index (κ3) is 14.7. The number of esters is 4. The van der Waals surface area contributed by atoms with E-state index in [1.807, 2.05) is 0 Å². The molecular formula is C20H36N2O8. The third-order valence-electron chi connectivity index (χ3n) is 3.25. The highest BCUT2D eigenvalue weighted by molar-refractivity contribution is 5.83. The number of hydrogen-bond donors (Lipinski definition) is 2. The number of nitrogens with two attached hydrogens (primary N) is 2. The van der Waals surface area contributed by atoms with Crippen LogP contribution in [0.15, 0.2) is 0 Å². The van der Waals surface area contributed by atoms with Gasteiger partial charge in [0.05, 0.1) is 26.1 Å². The van der Waals surface area contributed by atoms with E-state index in [4.69, 9.17) is 30.4 Å². The second kappa shape index (κ2) is 12.5. The summed E-state index contributed by atoms with van der Waals surface area (Å²) < 4.78 is 20.2. The molecule has 0 rings (SSSR count). The molecule has 4 N–H and O–H groups in total. The molecule has 0 aromatic heterocycles. The Bertz CT molecular complexity index is 541. The van der Waals surface area contributed by atoms with Crippen molar-refractivity contribution in [2.75, 3.05) is 13.2 Å². The number of carbonyl (C=O) groups is 4. The second-order valence-electron chi connectivity index (χ2n) is 8.84. The van der Waals surface area contributed by atoms with Crippen molar-refractivity contribution in [1.82, 2.24) is 0 Å². The highest BCUT2D eigenvalue weighted by Crippen LogP contribution is 2.10. The Morgan fingerprint density at radius 1 is 0.667 bits per heavy atom. The van der Waals surface area contributed by atoms with Crippen molar-refractivity contribution >= 4 is 23.9 Å². The molecule has 0 aliphatic carbocycles. The fourth-order valence-corrected chi connectivity index (χ4v) is 2.06. The van der Waals surface area contributed by atoms with E-state index >= 15 is 0 Å². The summed E-state index contributed by atoms with van der Waals surface area (Å²) in [5.41, 5.74) is 9.95. The van der Waals surface area contributed by atoms with E-state index in [1.54, 1.807) is 41.5 Å². The summed E-state index contributed by atoms with van der Waals surface area (Å²) >= 11 is 0. The minimum atomic E-state index is -1.11. The van der Waals surface area contributed by atoms with Gasteiger partial charge < -0.3 is 30.4 Å². The predicted molar refractivity (Wildman–Crippen MR) is 108 cm³/mol. The first-order valence-electron chi connectivity index (χ1n) is 9.89. The van der Waals surface area contributed by atoms with Crippen LogP contribution >= 0.6 is 0 Å². The van der Waals surface area contributed by atoms with Crippen molar-refractivity contribution in [2.24, 2.45) is 11.5 Å². The molecule has 0 aromatic carbocycles. The standard InChI is InChI=1S/C20H36N2O8/c1-19(2,3)29-15(23)11-13(21)17(25)27-9-7-8-10-28-18(26)14(22)12-16(24)30-20(4,5)6/h13-14H,7-12,21-22H2,1-6H3. The minimum absolute atomic E-state index is 0.0579. The number of unbranched alkanes of at least 4 members (excludes halogenated alkanes) is 1. The van der Waals surface area contributed by atoms with Gasteiger partial charge in [-0.25, -0.2) is 0 Å². The summed E-state index contributed by atoms with van der Waals surface area (Å²) in [7, 11) is 0. The van der Waals surface area contributed by atoms with Gasteiger partial charge in [0.1, 0.15) is 23.3 Å². The van der Waals surface area contributed by atoms with Crippen LogP contribution in [0.25, 0.3) is 0 Å². The second-order valence-corrected chi connectivity index (χ2v) is 8.84. The van der Waals surface area contributed by atoms with Crippen molar-refractivity contribution in [1.29, 1.82) is 0 Å². The van der Waals surface area contributed by atoms with Crippen LogP contribution in [0.2, 0.25) is 0 Å². The molecule has 0 heterocycles. The monoisotopic (exact) mass is 432 g/mol. The molecule has 0 aliphatic heterocycles. The number of rotatable bonds is 11. The van der Waals surface area contributed by atoms with Gasteiger partial charge in [0.15, 0.2) is 0 Å². The van der Waals surface area contributed by atoms with Crippen molar-refractivity contribution in [3.8, 4) is 0 Å². The third-order valence-corrected chi connectivity index (χ3v) is 3.25. The maximum atomic E-state index is 11.8. The average Bonchev–Trinajstić information content (AvgIpc) is 2.53. The molecule has 0 saturated heterocycles. The lowest BCUT2D eigenvalue weighted by Gasteiger charge is -2.20. The van der Waals surface area contributed by atoms with Crippen LogP contribution in [-0.4, -0.2) is 60.4 Å². The van der Waals surface area contributed by atoms with Gasteiger partial charge in [-0.05, 0) is 54.4 Å². The maximum absolute atomic E-state index is 11.8. The molecule has 0 aliphatic rings. The quantitative estimate of drug-likeness (QED) is 0.274. The van der Waals surface area contributed by atoms with Gasteiger partial charge in [0.25, 0.3) is 0 Å². The Labute approximate surface area is 177 Å². The van der Waals surface area contributed by atoms with Gasteiger partial charge in [-0.3, -0.25) is 19.2 Å². The van der Waals surface area contributed by atoms with Crippen LogP contribution in [0.3, 0.4) is 0 Å². The van der Waals surface area contributed by atoms with E-state index in [0.717, 1.165) is 0 Å².